The Labute approximate surface area is 143 Å². The molecule has 118 valence electrons. The number of benzene rings is 2. The second-order valence-electron chi connectivity index (χ2n) is 5.11. The molecule has 2 aromatic rings. The van der Waals surface area contributed by atoms with Gasteiger partial charge in [0.25, 0.3) is 0 Å². The number of rotatable bonds is 4. The number of amides is 2. The Morgan fingerprint density at radius 3 is 2.83 bits per heavy atom. The standard InChI is InChI=1S/C17H16N2O2S2/c1-11(23-13-5-3-2-4-6-13)17(21)18-12-7-8-15-14(9-12)19-16(20)10-22-15/h2-9,11H,10H2,1H3,(H,18,21)(H,19,20). The van der Waals surface area contributed by atoms with Crippen LogP contribution in [0.5, 0.6) is 0 Å². The Morgan fingerprint density at radius 1 is 1.26 bits per heavy atom. The number of carbonyl (C=O) groups is 2. The number of anilines is 2. The van der Waals surface area contributed by atoms with Crippen molar-refractivity contribution >= 4 is 46.7 Å². The van der Waals surface area contributed by atoms with Crippen molar-refractivity contribution in [3.63, 3.8) is 0 Å². The summed E-state index contributed by atoms with van der Waals surface area (Å²) in [6, 6.07) is 15.4. The highest BCUT2D eigenvalue weighted by Gasteiger charge is 2.18. The molecule has 1 atom stereocenters. The smallest absolute Gasteiger partial charge is 0.237 e. The molecule has 1 unspecified atom stereocenters. The maximum atomic E-state index is 12.3. The molecule has 0 aromatic heterocycles. The minimum atomic E-state index is -0.211. The molecular formula is C17H16N2O2S2. The molecule has 1 aliphatic rings. The van der Waals surface area contributed by atoms with Crippen LogP contribution in [0.15, 0.2) is 58.3 Å². The molecule has 6 heteroatoms. The summed E-state index contributed by atoms with van der Waals surface area (Å²) < 4.78 is 0. The number of hydrogen-bond acceptors (Lipinski definition) is 4. The van der Waals surface area contributed by atoms with Gasteiger partial charge in [0.05, 0.1) is 16.7 Å². The lowest BCUT2D eigenvalue weighted by Crippen LogP contribution is -2.23. The van der Waals surface area contributed by atoms with Crippen LogP contribution in [0, 0.1) is 0 Å². The topological polar surface area (TPSA) is 58.2 Å². The average molecular weight is 344 g/mol. The molecule has 2 amide bonds. The van der Waals surface area contributed by atoms with Crippen molar-refractivity contribution in [3.05, 3.63) is 48.5 Å². The number of fused-ring (bicyclic) bond motifs is 1. The van der Waals surface area contributed by atoms with Crippen LogP contribution < -0.4 is 10.6 Å². The molecule has 0 spiro atoms. The number of nitrogens with one attached hydrogen (secondary N) is 2. The fourth-order valence-corrected chi connectivity index (χ4v) is 3.84. The fourth-order valence-electron chi connectivity index (χ4n) is 2.16. The summed E-state index contributed by atoms with van der Waals surface area (Å²) in [6.45, 7) is 1.88. The van der Waals surface area contributed by atoms with Crippen molar-refractivity contribution in [3.8, 4) is 0 Å². The summed E-state index contributed by atoms with van der Waals surface area (Å²) >= 11 is 3.02. The van der Waals surface area contributed by atoms with E-state index in [1.807, 2.05) is 49.4 Å². The monoisotopic (exact) mass is 344 g/mol. The van der Waals surface area contributed by atoms with Gasteiger partial charge >= 0.3 is 0 Å². The second-order valence-corrected chi connectivity index (χ2v) is 7.54. The van der Waals surface area contributed by atoms with Crippen LogP contribution in [-0.2, 0) is 9.59 Å². The molecule has 23 heavy (non-hydrogen) atoms. The van der Waals surface area contributed by atoms with E-state index >= 15 is 0 Å². The molecule has 0 aliphatic carbocycles. The third kappa shape index (κ3) is 4.09. The van der Waals surface area contributed by atoms with Gasteiger partial charge in [-0.05, 0) is 37.3 Å². The molecule has 3 rings (SSSR count). The molecule has 4 nitrogen and oxygen atoms in total. The largest absolute Gasteiger partial charge is 0.325 e. The van der Waals surface area contributed by atoms with E-state index in [1.165, 1.54) is 23.5 Å². The van der Waals surface area contributed by atoms with Crippen molar-refractivity contribution in [2.45, 2.75) is 22.0 Å². The Hall–Kier alpha value is -1.92. The SMILES string of the molecule is CC(Sc1ccccc1)C(=O)Nc1ccc2c(c1)NC(=O)CS2. The van der Waals surface area contributed by atoms with E-state index in [-0.39, 0.29) is 17.1 Å². The average Bonchev–Trinajstić information content (AvgIpc) is 2.55. The van der Waals surface area contributed by atoms with Crippen LogP contribution >= 0.6 is 23.5 Å². The summed E-state index contributed by atoms with van der Waals surface area (Å²) in [5.74, 6) is 0.358. The first-order valence-corrected chi connectivity index (χ1v) is 9.07. The van der Waals surface area contributed by atoms with E-state index in [0.717, 1.165) is 15.5 Å². The quantitative estimate of drug-likeness (QED) is 0.827. The third-order valence-electron chi connectivity index (χ3n) is 3.31. The lowest BCUT2D eigenvalue weighted by molar-refractivity contribution is -0.115. The van der Waals surface area contributed by atoms with Gasteiger partial charge in [0.1, 0.15) is 0 Å². The first kappa shape index (κ1) is 16.0. The minimum absolute atomic E-state index is 0.0148. The normalized spacial score (nSPS) is 14.6. The van der Waals surface area contributed by atoms with Gasteiger partial charge in [-0.2, -0.15) is 0 Å². The second kappa shape index (κ2) is 7.10. The fraction of sp³-hybridized carbons (Fsp3) is 0.176. The number of carbonyl (C=O) groups excluding carboxylic acids is 2. The van der Waals surface area contributed by atoms with E-state index in [2.05, 4.69) is 10.6 Å². The Balaban J connectivity index is 1.65. The molecule has 0 saturated heterocycles. The van der Waals surface area contributed by atoms with E-state index in [0.29, 0.717) is 11.4 Å². The van der Waals surface area contributed by atoms with E-state index in [9.17, 15) is 9.59 Å². The highest BCUT2D eigenvalue weighted by Crippen LogP contribution is 2.33. The number of thioether (sulfide) groups is 2. The van der Waals surface area contributed by atoms with Crippen molar-refractivity contribution < 1.29 is 9.59 Å². The van der Waals surface area contributed by atoms with Crippen molar-refractivity contribution in [2.24, 2.45) is 0 Å². The molecule has 1 heterocycles. The van der Waals surface area contributed by atoms with Crippen molar-refractivity contribution in [1.82, 2.24) is 0 Å². The molecule has 1 aliphatic heterocycles. The predicted octanol–water partition coefficient (Wildman–Crippen LogP) is 3.85. The van der Waals surface area contributed by atoms with Gasteiger partial charge in [0.2, 0.25) is 11.8 Å². The first-order chi connectivity index (χ1) is 11.1. The van der Waals surface area contributed by atoms with Gasteiger partial charge in [0.15, 0.2) is 0 Å². The summed E-state index contributed by atoms with van der Waals surface area (Å²) in [5, 5.41) is 5.52. The summed E-state index contributed by atoms with van der Waals surface area (Å²) in [7, 11) is 0. The molecule has 0 radical (unpaired) electrons. The zero-order valence-corrected chi connectivity index (χ0v) is 14.2. The molecular weight excluding hydrogens is 328 g/mol. The minimum Gasteiger partial charge on any atom is -0.325 e. The van der Waals surface area contributed by atoms with Crippen LogP contribution in [0.3, 0.4) is 0 Å². The highest BCUT2D eigenvalue weighted by molar-refractivity contribution is 8.00. The van der Waals surface area contributed by atoms with Gasteiger partial charge in [0, 0.05) is 15.5 Å². The molecule has 0 saturated carbocycles. The van der Waals surface area contributed by atoms with E-state index < -0.39 is 0 Å². The van der Waals surface area contributed by atoms with Gasteiger partial charge in [-0.3, -0.25) is 9.59 Å². The van der Waals surface area contributed by atoms with Crippen LogP contribution in [0.25, 0.3) is 0 Å². The van der Waals surface area contributed by atoms with Crippen LogP contribution in [0.1, 0.15) is 6.92 Å². The summed E-state index contributed by atoms with van der Waals surface area (Å²) in [4.78, 5) is 25.9. The lowest BCUT2D eigenvalue weighted by Gasteiger charge is -2.18. The Kier molecular flexibility index (Phi) is 4.93. The van der Waals surface area contributed by atoms with Gasteiger partial charge in [-0.1, -0.05) is 18.2 Å². The first-order valence-electron chi connectivity index (χ1n) is 7.21. The zero-order valence-electron chi connectivity index (χ0n) is 12.5. The van der Waals surface area contributed by atoms with E-state index in [1.54, 1.807) is 6.07 Å². The maximum Gasteiger partial charge on any atom is 0.237 e. The molecule has 2 N–H and O–H groups in total. The predicted molar refractivity (Wildman–Crippen MR) is 96.2 cm³/mol. The van der Waals surface area contributed by atoms with Crippen LogP contribution in [0.4, 0.5) is 11.4 Å². The summed E-state index contributed by atoms with van der Waals surface area (Å²) in [5.41, 5.74) is 1.45. The van der Waals surface area contributed by atoms with Gasteiger partial charge < -0.3 is 10.6 Å². The highest BCUT2D eigenvalue weighted by atomic mass is 32.2. The summed E-state index contributed by atoms with van der Waals surface area (Å²) in [6.07, 6.45) is 0. The van der Waals surface area contributed by atoms with Crippen LogP contribution in [-0.4, -0.2) is 22.8 Å². The zero-order chi connectivity index (χ0) is 16.2. The molecule has 2 aromatic carbocycles. The van der Waals surface area contributed by atoms with Crippen molar-refractivity contribution in [2.75, 3.05) is 16.4 Å². The number of hydrogen-bond donors (Lipinski definition) is 2. The Morgan fingerprint density at radius 2 is 2.04 bits per heavy atom. The van der Waals surface area contributed by atoms with Gasteiger partial charge in [-0.15, -0.1) is 23.5 Å². The molecule has 0 bridgehead atoms. The lowest BCUT2D eigenvalue weighted by atomic mass is 10.2. The maximum absolute atomic E-state index is 12.3. The Bertz CT molecular complexity index is 735. The molecule has 0 fully saturated rings. The van der Waals surface area contributed by atoms with Gasteiger partial charge in [-0.25, -0.2) is 0 Å². The van der Waals surface area contributed by atoms with Crippen molar-refractivity contribution in [1.29, 1.82) is 0 Å². The van der Waals surface area contributed by atoms with E-state index in [4.69, 9.17) is 0 Å². The third-order valence-corrected chi connectivity index (χ3v) is 5.49. The van der Waals surface area contributed by atoms with Crippen LogP contribution in [0.2, 0.25) is 0 Å².